The van der Waals surface area contributed by atoms with E-state index in [2.05, 4.69) is 31.2 Å². The molecule has 1 aromatic rings. The highest BCUT2D eigenvalue weighted by Gasteiger charge is 2.21. The highest BCUT2D eigenvalue weighted by Crippen LogP contribution is 2.32. The molecule has 2 rings (SSSR count). The predicted octanol–water partition coefficient (Wildman–Crippen LogP) is 4.77. The molecule has 1 aliphatic rings. The van der Waals surface area contributed by atoms with Crippen molar-refractivity contribution in [3.8, 4) is 0 Å². The number of carbonyl (C=O) groups is 1. The maximum atomic E-state index is 12.0. The van der Waals surface area contributed by atoms with Gasteiger partial charge in [0.25, 0.3) is 0 Å². The Bertz CT molecular complexity index is 428. The molecule has 0 unspecified atom stereocenters. The predicted molar refractivity (Wildman–Crippen MR) is 76.4 cm³/mol. The fourth-order valence-corrected chi connectivity index (χ4v) is 2.70. The van der Waals surface area contributed by atoms with Gasteiger partial charge in [-0.15, -0.1) is 0 Å². The van der Waals surface area contributed by atoms with Crippen LogP contribution in [0.1, 0.15) is 57.4 Å². The normalized spacial score (nSPS) is 18.2. The molecule has 0 saturated heterocycles. The first-order valence-electron chi connectivity index (χ1n) is 7.13. The second kappa shape index (κ2) is 6.53. The van der Waals surface area contributed by atoms with Crippen LogP contribution < -0.4 is 0 Å². The summed E-state index contributed by atoms with van der Waals surface area (Å²) in [4.78, 5) is 12.0. The van der Waals surface area contributed by atoms with Gasteiger partial charge >= 0.3 is 0 Å². The van der Waals surface area contributed by atoms with Gasteiger partial charge in [0, 0.05) is 6.42 Å². The van der Waals surface area contributed by atoms with Crippen molar-refractivity contribution < 1.29 is 4.79 Å². The van der Waals surface area contributed by atoms with Gasteiger partial charge in [-0.05, 0) is 42.4 Å². The summed E-state index contributed by atoms with van der Waals surface area (Å²) >= 11 is 0. The van der Waals surface area contributed by atoms with Crippen molar-refractivity contribution in [1.82, 2.24) is 0 Å². The monoisotopic (exact) mass is 242 g/mol. The fourth-order valence-electron chi connectivity index (χ4n) is 2.70. The molecule has 0 atom stereocenters. The Kier molecular flexibility index (Phi) is 4.74. The lowest BCUT2D eigenvalue weighted by Gasteiger charge is -2.11. The lowest BCUT2D eigenvalue weighted by atomic mass is 9.93. The van der Waals surface area contributed by atoms with E-state index in [1.807, 2.05) is 6.07 Å². The molecule has 0 heterocycles. The number of Topliss-reactive ketones (excluding diaryl/α,β-unsaturated/α-hetero) is 1. The van der Waals surface area contributed by atoms with Gasteiger partial charge in [0.1, 0.15) is 0 Å². The molecule has 0 aromatic heterocycles. The zero-order valence-corrected chi connectivity index (χ0v) is 11.2. The molecule has 0 N–H and O–H groups in total. The van der Waals surface area contributed by atoms with Crippen LogP contribution in [0.5, 0.6) is 0 Å². The van der Waals surface area contributed by atoms with E-state index in [1.165, 1.54) is 30.4 Å². The number of hydrogen-bond acceptors (Lipinski definition) is 1. The van der Waals surface area contributed by atoms with Crippen LogP contribution in [-0.4, -0.2) is 5.78 Å². The highest BCUT2D eigenvalue weighted by molar-refractivity contribution is 6.04. The third kappa shape index (κ3) is 3.10. The molecular weight excluding hydrogens is 220 g/mol. The molecule has 0 amide bonds. The number of hydrogen-bond donors (Lipinski definition) is 0. The fraction of sp³-hybridized carbons (Fsp3) is 0.471. The smallest absolute Gasteiger partial charge is 0.159 e. The van der Waals surface area contributed by atoms with Crippen LogP contribution in [0.25, 0.3) is 5.57 Å². The molecule has 1 aliphatic carbocycles. The van der Waals surface area contributed by atoms with E-state index in [-0.39, 0.29) is 0 Å². The molecule has 1 heteroatoms. The van der Waals surface area contributed by atoms with E-state index < -0.39 is 0 Å². The van der Waals surface area contributed by atoms with E-state index >= 15 is 0 Å². The first-order chi connectivity index (χ1) is 8.83. The lowest BCUT2D eigenvalue weighted by Crippen LogP contribution is -1.98. The first-order valence-corrected chi connectivity index (χ1v) is 7.13. The summed E-state index contributed by atoms with van der Waals surface area (Å²) in [7, 11) is 0. The van der Waals surface area contributed by atoms with Crippen molar-refractivity contribution in [2.45, 2.75) is 51.9 Å². The molecule has 1 saturated carbocycles. The summed E-state index contributed by atoms with van der Waals surface area (Å²) in [5.41, 5.74) is 3.67. The van der Waals surface area contributed by atoms with E-state index in [1.54, 1.807) is 0 Å². The molecule has 1 nitrogen and oxygen atoms in total. The van der Waals surface area contributed by atoms with Crippen LogP contribution in [0.4, 0.5) is 0 Å². The van der Waals surface area contributed by atoms with Crippen molar-refractivity contribution >= 4 is 11.4 Å². The van der Waals surface area contributed by atoms with Gasteiger partial charge in [-0.1, -0.05) is 50.1 Å². The van der Waals surface area contributed by atoms with Gasteiger partial charge in [0.2, 0.25) is 0 Å². The van der Waals surface area contributed by atoms with Gasteiger partial charge in [-0.25, -0.2) is 0 Å². The Balaban J connectivity index is 2.26. The molecule has 96 valence electrons. The summed E-state index contributed by atoms with van der Waals surface area (Å²) in [5.74, 6) is 0.380. The van der Waals surface area contributed by atoms with Crippen molar-refractivity contribution in [2.24, 2.45) is 0 Å². The van der Waals surface area contributed by atoms with Crippen LogP contribution in [0, 0.1) is 0 Å². The van der Waals surface area contributed by atoms with Crippen molar-refractivity contribution in [1.29, 1.82) is 0 Å². The zero-order valence-electron chi connectivity index (χ0n) is 11.2. The third-order valence-corrected chi connectivity index (χ3v) is 3.68. The van der Waals surface area contributed by atoms with Crippen molar-refractivity contribution in [3.05, 3.63) is 41.5 Å². The van der Waals surface area contributed by atoms with E-state index in [0.29, 0.717) is 5.78 Å². The SMILES string of the molecule is CCCCC/C(=C1\CCCC1=O)c1ccccc1. The highest BCUT2D eigenvalue weighted by atomic mass is 16.1. The summed E-state index contributed by atoms with van der Waals surface area (Å²) in [6.45, 7) is 2.22. The van der Waals surface area contributed by atoms with Crippen LogP contribution in [0.2, 0.25) is 0 Å². The van der Waals surface area contributed by atoms with Crippen molar-refractivity contribution in [3.63, 3.8) is 0 Å². The second-order valence-corrected chi connectivity index (χ2v) is 5.06. The van der Waals surface area contributed by atoms with Crippen LogP contribution >= 0.6 is 0 Å². The number of allylic oxidation sites excluding steroid dienone is 2. The number of benzene rings is 1. The van der Waals surface area contributed by atoms with E-state index in [0.717, 1.165) is 31.3 Å². The minimum absolute atomic E-state index is 0.380. The zero-order chi connectivity index (χ0) is 12.8. The number of unbranched alkanes of at least 4 members (excludes halogenated alkanes) is 2. The standard InChI is InChI=1S/C17H22O/c1-2-3-5-11-15(14-9-6-4-7-10-14)16-12-8-13-17(16)18/h4,6-7,9-10H,2-3,5,8,11-13H2,1H3/b16-15-. The molecular formula is C17H22O. The first kappa shape index (κ1) is 13.1. The minimum atomic E-state index is 0.380. The molecule has 0 radical (unpaired) electrons. The van der Waals surface area contributed by atoms with Crippen LogP contribution in [0.3, 0.4) is 0 Å². The van der Waals surface area contributed by atoms with E-state index in [9.17, 15) is 4.79 Å². The average molecular weight is 242 g/mol. The van der Waals surface area contributed by atoms with Gasteiger partial charge in [0.15, 0.2) is 5.78 Å². The summed E-state index contributed by atoms with van der Waals surface area (Å²) in [6, 6.07) is 10.4. The third-order valence-electron chi connectivity index (χ3n) is 3.68. The number of ketones is 1. The van der Waals surface area contributed by atoms with Gasteiger partial charge in [-0.3, -0.25) is 4.79 Å². The molecule has 1 fully saturated rings. The van der Waals surface area contributed by atoms with Gasteiger partial charge in [0.05, 0.1) is 0 Å². The Hall–Kier alpha value is -1.37. The number of rotatable bonds is 5. The second-order valence-electron chi connectivity index (χ2n) is 5.06. The van der Waals surface area contributed by atoms with Crippen LogP contribution in [0.15, 0.2) is 35.9 Å². The van der Waals surface area contributed by atoms with Crippen LogP contribution in [-0.2, 0) is 4.79 Å². The Morgan fingerprint density at radius 2 is 1.89 bits per heavy atom. The lowest BCUT2D eigenvalue weighted by molar-refractivity contribution is -0.114. The van der Waals surface area contributed by atoms with Crippen molar-refractivity contribution in [2.75, 3.05) is 0 Å². The largest absolute Gasteiger partial charge is 0.295 e. The van der Waals surface area contributed by atoms with Gasteiger partial charge < -0.3 is 0 Å². The maximum absolute atomic E-state index is 12.0. The quantitative estimate of drug-likeness (QED) is 0.536. The molecule has 0 bridgehead atoms. The Morgan fingerprint density at radius 1 is 1.11 bits per heavy atom. The Morgan fingerprint density at radius 3 is 2.50 bits per heavy atom. The molecule has 1 aromatic carbocycles. The van der Waals surface area contributed by atoms with Gasteiger partial charge in [-0.2, -0.15) is 0 Å². The minimum Gasteiger partial charge on any atom is -0.295 e. The summed E-state index contributed by atoms with van der Waals surface area (Å²) < 4.78 is 0. The Labute approximate surface area is 110 Å². The topological polar surface area (TPSA) is 17.1 Å². The molecule has 0 spiro atoms. The summed E-state index contributed by atoms with van der Waals surface area (Å²) in [6.07, 6.45) is 7.49. The summed E-state index contributed by atoms with van der Waals surface area (Å²) in [5, 5.41) is 0. The number of carbonyl (C=O) groups excluding carboxylic acids is 1. The van der Waals surface area contributed by atoms with E-state index in [4.69, 9.17) is 0 Å². The molecule has 18 heavy (non-hydrogen) atoms. The molecule has 0 aliphatic heterocycles. The maximum Gasteiger partial charge on any atom is 0.159 e. The average Bonchev–Trinajstić information content (AvgIpc) is 2.82.